The summed E-state index contributed by atoms with van der Waals surface area (Å²) in [5.41, 5.74) is 3.10. The van der Waals surface area contributed by atoms with Gasteiger partial charge in [-0.1, -0.05) is 28.1 Å². The monoisotopic (exact) mass is 429 g/mol. The molecule has 0 saturated heterocycles. The zero-order valence-corrected chi connectivity index (χ0v) is 16.4. The zero-order chi connectivity index (χ0) is 19.7. The van der Waals surface area contributed by atoms with Crippen LogP contribution in [0.1, 0.15) is 21.6 Å². The average molecular weight is 430 g/mol. The number of nitrogens with one attached hydrogen (secondary N) is 1. The van der Waals surface area contributed by atoms with Crippen LogP contribution in [0, 0.1) is 6.92 Å². The van der Waals surface area contributed by atoms with E-state index in [1.807, 2.05) is 24.3 Å². The minimum absolute atomic E-state index is 0.187. The molecule has 1 amide bonds. The fourth-order valence-electron chi connectivity index (χ4n) is 2.59. The van der Waals surface area contributed by atoms with Crippen LogP contribution < -0.4 is 16.7 Å². The Kier molecular flexibility index (Phi) is 5.04. The molecule has 0 aliphatic carbocycles. The number of pyridine rings is 1. The number of benzene rings is 1. The average Bonchev–Trinajstić information content (AvgIpc) is 2.65. The van der Waals surface area contributed by atoms with Gasteiger partial charge in [-0.15, -0.1) is 0 Å². The van der Waals surface area contributed by atoms with Gasteiger partial charge in [-0.2, -0.15) is 5.10 Å². The summed E-state index contributed by atoms with van der Waals surface area (Å²) < 4.78 is 3.20. The van der Waals surface area contributed by atoms with Gasteiger partial charge >= 0.3 is 5.69 Å². The number of hydrogen-bond donors (Lipinski definition) is 1. The molecular weight excluding hydrogens is 414 g/mol. The number of aryl methyl sites for hydroxylation is 2. The van der Waals surface area contributed by atoms with Crippen molar-refractivity contribution in [3.8, 4) is 0 Å². The lowest BCUT2D eigenvalue weighted by molar-refractivity contribution is 0.0954. The van der Waals surface area contributed by atoms with Crippen LogP contribution in [0.3, 0.4) is 0 Å². The van der Waals surface area contributed by atoms with Crippen molar-refractivity contribution in [1.82, 2.24) is 19.5 Å². The number of aromatic nitrogens is 3. The van der Waals surface area contributed by atoms with Gasteiger partial charge in [0.05, 0.1) is 22.9 Å². The molecule has 0 spiro atoms. The second-order valence-electron chi connectivity index (χ2n) is 5.95. The van der Waals surface area contributed by atoms with E-state index in [1.165, 1.54) is 30.9 Å². The summed E-state index contributed by atoms with van der Waals surface area (Å²) in [6.45, 7) is 1.63. The molecule has 0 fully saturated rings. The second-order valence-corrected chi connectivity index (χ2v) is 6.86. The molecular formula is C18H16BrN5O3. The van der Waals surface area contributed by atoms with E-state index in [-0.39, 0.29) is 16.6 Å². The van der Waals surface area contributed by atoms with E-state index < -0.39 is 17.2 Å². The summed E-state index contributed by atoms with van der Waals surface area (Å²) in [4.78, 5) is 41.1. The number of hydrogen-bond acceptors (Lipinski definition) is 5. The molecule has 27 heavy (non-hydrogen) atoms. The first-order chi connectivity index (χ1) is 12.8. The number of carbonyl (C=O) groups excluding carboxylic acids is 1. The van der Waals surface area contributed by atoms with E-state index in [1.54, 1.807) is 6.92 Å². The largest absolute Gasteiger partial charge is 0.332 e. The Bertz CT molecular complexity index is 1190. The van der Waals surface area contributed by atoms with Gasteiger partial charge in [0.15, 0.2) is 0 Å². The maximum Gasteiger partial charge on any atom is 0.332 e. The van der Waals surface area contributed by atoms with Crippen LogP contribution in [0.5, 0.6) is 0 Å². The molecule has 8 nitrogen and oxygen atoms in total. The van der Waals surface area contributed by atoms with Gasteiger partial charge in [0.1, 0.15) is 5.65 Å². The van der Waals surface area contributed by atoms with Crippen LogP contribution in [0.2, 0.25) is 0 Å². The normalized spacial score (nSPS) is 11.3. The molecule has 1 aromatic carbocycles. The number of halogens is 1. The van der Waals surface area contributed by atoms with Crippen LogP contribution in [0.25, 0.3) is 11.0 Å². The maximum absolute atomic E-state index is 12.5. The third-order valence-electron chi connectivity index (χ3n) is 4.11. The van der Waals surface area contributed by atoms with E-state index in [2.05, 4.69) is 31.4 Å². The fraction of sp³-hybridized carbons (Fsp3) is 0.167. The first kappa shape index (κ1) is 18.7. The van der Waals surface area contributed by atoms with Crippen molar-refractivity contribution in [2.24, 2.45) is 19.2 Å². The summed E-state index contributed by atoms with van der Waals surface area (Å²) in [5, 5.41) is 4.12. The fourth-order valence-corrected chi connectivity index (χ4v) is 2.86. The van der Waals surface area contributed by atoms with Crippen molar-refractivity contribution in [2.45, 2.75) is 6.92 Å². The third-order valence-corrected chi connectivity index (χ3v) is 4.64. The lowest BCUT2D eigenvalue weighted by Crippen LogP contribution is -2.37. The highest BCUT2D eigenvalue weighted by Gasteiger charge is 2.16. The molecule has 0 saturated carbocycles. The molecule has 3 aromatic rings. The predicted octanol–water partition coefficient (Wildman–Crippen LogP) is 1.47. The van der Waals surface area contributed by atoms with Gasteiger partial charge in [0.25, 0.3) is 11.5 Å². The first-order valence-corrected chi connectivity index (χ1v) is 8.75. The molecule has 0 unspecified atom stereocenters. The number of amides is 1. The van der Waals surface area contributed by atoms with Crippen LogP contribution in [0.4, 0.5) is 0 Å². The number of nitrogens with zero attached hydrogens (tertiary/aromatic N) is 4. The molecule has 138 valence electrons. The zero-order valence-electron chi connectivity index (χ0n) is 14.9. The van der Waals surface area contributed by atoms with Crippen LogP contribution in [-0.4, -0.2) is 26.2 Å². The second kappa shape index (κ2) is 7.28. The Hall–Kier alpha value is -3.07. The Morgan fingerprint density at radius 3 is 2.52 bits per heavy atom. The first-order valence-electron chi connectivity index (χ1n) is 7.96. The summed E-state index contributed by atoms with van der Waals surface area (Å²) in [6.07, 6.45) is 1.51. The molecule has 0 aliphatic rings. The summed E-state index contributed by atoms with van der Waals surface area (Å²) >= 11 is 3.35. The van der Waals surface area contributed by atoms with Gasteiger partial charge in [-0.25, -0.2) is 15.2 Å². The van der Waals surface area contributed by atoms with Crippen molar-refractivity contribution >= 4 is 39.1 Å². The Balaban J connectivity index is 1.95. The highest BCUT2D eigenvalue weighted by Crippen LogP contribution is 2.12. The van der Waals surface area contributed by atoms with E-state index in [0.717, 1.165) is 14.6 Å². The lowest BCUT2D eigenvalue weighted by atomic mass is 10.1. The van der Waals surface area contributed by atoms with E-state index in [0.29, 0.717) is 5.69 Å². The predicted molar refractivity (Wildman–Crippen MR) is 106 cm³/mol. The standard InChI is InChI=1S/C18H16BrN5O3/c1-10-13(16(25)22-20-9-11-4-6-12(19)7-5-11)8-14-15(21-10)23(2)18(27)24(3)17(14)26/h4-9H,1-3H3,(H,22,25)/b20-9+. The van der Waals surface area contributed by atoms with Crippen LogP contribution >= 0.6 is 15.9 Å². The van der Waals surface area contributed by atoms with Gasteiger partial charge in [0, 0.05) is 18.6 Å². The van der Waals surface area contributed by atoms with Crippen molar-refractivity contribution in [2.75, 3.05) is 0 Å². The van der Waals surface area contributed by atoms with Gasteiger partial charge in [0.2, 0.25) is 0 Å². The summed E-state index contributed by atoms with van der Waals surface area (Å²) in [7, 11) is 2.91. The minimum atomic E-state index is -0.506. The van der Waals surface area contributed by atoms with E-state index >= 15 is 0 Å². The SMILES string of the molecule is Cc1nc2c(cc1C(=O)N/N=C/c1ccc(Br)cc1)c(=O)n(C)c(=O)n2C. The number of carbonyl (C=O) groups is 1. The molecule has 2 heterocycles. The molecule has 0 aliphatic heterocycles. The highest BCUT2D eigenvalue weighted by atomic mass is 79.9. The molecule has 0 radical (unpaired) electrons. The highest BCUT2D eigenvalue weighted by molar-refractivity contribution is 9.10. The van der Waals surface area contributed by atoms with Crippen LogP contribution in [-0.2, 0) is 14.1 Å². The van der Waals surface area contributed by atoms with Crippen molar-refractivity contribution < 1.29 is 4.79 Å². The maximum atomic E-state index is 12.5. The number of hydrazone groups is 1. The minimum Gasteiger partial charge on any atom is -0.280 e. The van der Waals surface area contributed by atoms with Crippen LogP contribution in [0.15, 0.2) is 49.5 Å². The van der Waals surface area contributed by atoms with Crippen molar-refractivity contribution in [1.29, 1.82) is 0 Å². The van der Waals surface area contributed by atoms with E-state index in [9.17, 15) is 14.4 Å². The quantitative estimate of drug-likeness (QED) is 0.503. The lowest BCUT2D eigenvalue weighted by Gasteiger charge is -2.10. The van der Waals surface area contributed by atoms with Gasteiger partial charge < -0.3 is 0 Å². The Morgan fingerprint density at radius 2 is 1.85 bits per heavy atom. The number of fused-ring (bicyclic) bond motifs is 1. The summed E-state index contributed by atoms with van der Waals surface area (Å²) in [5.74, 6) is -0.494. The van der Waals surface area contributed by atoms with Gasteiger partial charge in [-0.05, 0) is 30.7 Å². The van der Waals surface area contributed by atoms with Crippen molar-refractivity contribution in [3.63, 3.8) is 0 Å². The topological polar surface area (TPSA) is 98.3 Å². The molecule has 2 aromatic heterocycles. The smallest absolute Gasteiger partial charge is 0.280 e. The summed E-state index contributed by atoms with van der Waals surface area (Å²) in [6, 6.07) is 8.84. The molecule has 1 N–H and O–H groups in total. The molecule has 0 atom stereocenters. The molecule has 3 rings (SSSR count). The molecule has 9 heteroatoms. The van der Waals surface area contributed by atoms with Crippen molar-refractivity contribution in [3.05, 3.63) is 72.5 Å². The third kappa shape index (κ3) is 3.59. The van der Waals surface area contributed by atoms with Gasteiger partial charge in [-0.3, -0.25) is 18.7 Å². The molecule has 0 bridgehead atoms. The Labute approximate surface area is 162 Å². The number of rotatable bonds is 3. The Morgan fingerprint density at radius 1 is 1.19 bits per heavy atom. The van der Waals surface area contributed by atoms with E-state index in [4.69, 9.17) is 0 Å².